The second-order valence-electron chi connectivity index (χ2n) is 4.25. The number of hydrogen-bond acceptors (Lipinski definition) is 2. The van der Waals surface area contributed by atoms with Crippen LogP contribution in [0.15, 0.2) is 30.3 Å². The Hall–Kier alpha value is -1.35. The maximum atomic E-state index is 11.9. The first-order valence-electron chi connectivity index (χ1n) is 6.06. The fourth-order valence-electron chi connectivity index (χ4n) is 1.51. The summed E-state index contributed by atoms with van der Waals surface area (Å²) in [6, 6.07) is 10.00. The van der Waals surface area contributed by atoms with Crippen molar-refractivity contribution >= 4 is 5.91 Å². The summed E-state index contributed by atoms with van der Waals surface area (Å²) in [6.45, 7) is 7.36. The maximum absolute atomic E-state index is 11.9. The second kappa shape index (κ2) is 7.07. The minimum atomic E-state index is 0.0463. The Kier molecular flexibility index (Phi) is 5.70. The van der Waals surface area contributed by atoms with E-state index in [0.29, 0.717) is 13.1 Å². The van der Waals surface area contributed by atoms with Gasteiger partial charge in [-0.05, 0) is 26.3 Å². The molecule has 0 spiro atoms. The first kappa shape index (κ1) is 13.7. The lowest BCUT2D eigenvalue weighted by Gasteiger charge is -2.21. The number of ether oxygens (including phenoxy) is 1. The van der Waals surface area contributed by atoms with E-state index in [2.05, 4.69) is 0 Å². The van der Waals surface area contributed by atoms with Crippen LogP contribution in [0, 0.1) is 0 Å². The van der Waals surface area contributed by atoms with Gasteiger partial charge in [-0.3, -0.25) is 4.79 Å². The molecule has 1 rings (SSSR count). The van der Waals surface area contributed by atoms with Crippen LogP contribution in [-0.4, -0.2) is 30.1 Å². The lowest BCUT2D eigenvalue weighted by Crippen LogP contribution is -2.34. The fourth-order valence-corrected chi connectivity index (χ4v) is 1.51. The molecule has 0 saturated heterocycles. The van der Waals surface area contributed by atoms with E-state index in [9.17, 15) is 4.79 Å². The van der Waals surface area contributed by atoms with Crippen molar-refractivity contribution in [3.8, 4) is 0 Å². The van der Waals surface area contributed by atoms with Gasteiger partial charge in [0, 0.05) is 13.1 Å². The minimum Gasteiger partial charge on any atom is -0.369 e. The molecule has 3 nitrogen and oxygen atoms in total. The summed E-state index contributed by atoms with van der Waals surface area (Å²) in [6.07, 6.45) is 0.0920. The van der Waals surface area contributed by atoms with Crippen LogP contribution in [0.3, 0.4) is 0 Å². The van der Waals surface area contributed by atoms with E-state index < -0.39 is 0 Å². The van der Waals surface area contributed by atoms with E-state index in [1.807, 2.05) is 51.1 Å². The standard InChI is InChI=1S/C14H21NO2/c1-4-15(14(16)11-17-12(2)3)10-13-8-6-5-7-9-13/h5-9,12H,4,10-11H2,1-3H3. The highest BCUT2D eigenvalue weighted by atomic mass is 16.5. The van der Waals surface area contributed by atoms with Gasteiger partial charge in [0.05, 0.1) is 6.10 Å². The number of amides is 1. The molecule has 17 heavy (non-hydrogen) atoms. The van der Waals surface area contributed by atoms with Gasteiger partial charge in [-0.1, -0.05) is 30.3 Å². The van der Waals surface area contributed by atoms with Crippen molar-refractivity contribution in [2.24, 2.45) is 0 Å². The van der Waals surface area contributed by atoms with E-state index in [1.54, 1.807) is 4.90 Å². The number of carbonyl (C=O) groups excluding carboxylic acids is 1. The molecule has 1 amide bonds. The Balaban J connectivity index is 2.51. The number of likely N-dealkylation sites (N-methyl/N-ethyl adjacent to an activating group) is 1. The third kappa shape index (κ3) is 5.00. The van der Waals surface area contributed by atoms with E-state index in [4.69, 9.17) is 4.74 Å². The number of hydrogen-bond donors (Lipinski definition) is 0. The smallest absolute Gasteiger partial charge is 0.248 e. The van der Waals surface area contributed by atoms with Gasteiger partial charge in [0.1, 0.15) is 6.61 Å². The quantitative estimate of drug-likeness (QED) is 0.758. The molecule has 0 fully saturated rings. The Morgan fingerprint density at radius 2 is 1.94 bits per heavy atom. The van der Waals surface area contributed by atoms with Crippen LogP contribution in [0.4, 0.5) is 0 Å². The van der Waals surface area contributed by atoms with Crippen LogP contribution in [0.5, 0.6) is 0 Å². The molecule has 0 aromatic heterocycles. The van der Waals surface area contributed by atoms with Crippen molar-refractivity contribution in [1.82, 2.24) is 4.90 Å². The fraction of sp³-hybridized carbons (Fsp3) is 0.500. The van der Waals surface area contributed by atoms with Gasteiger partial charge < -0.3 is 9.64 Å². The van der Waals surface area contributed by atoms with Crippen LogP contribution in [0.25, 0.3) is 0 Å². The molecular formula is C14H21NO2. The highest BCUT2D eigenvalue weighted by molar-refractivity contribution is 5.77. The maximum Gasteiger partial charge on any atom is 0.248 e. The van der Waals surface area contributed by atoms with Crippen molar-refractivity contribution in [2.45, 2.75) is 33.4 Å². The van der Waals surface area contributed by atoms with Gasteiger partial charge in [-0.15, -0.1) is 0 Å². The zero-order valence-corrected chi connectivity index (χ0v) is 10.8. The van der Waals surface area contributed by atoms with Crippen LogP contribution in [0.2, 0.25) is 0 Å². The molecule has 0 heterocycles. The minimum absolute atomic E-state index is 0.0463. The highest BCUT2D eigenvalue weighted by Gasteiger charge is 2.12. The van der Waals surface area contributed by atoms with E-state index in [1.165, 1.54) is 0 Å². The average Bonchev–Trinajstić information content (AvgIpc) is 2.34. The molecule has 1 aromatic carbocycles. The van der Waals surface area contributed by atoms with E-state index in [0.717, 1.165) is 5.56 Å². The third-order valence-electron chi connectivity index (χ3n) is 2.49. The topological polar surface area (TPSA) is 29.5 Å². The highest BCUT2D eigenvalue weighted by Crippen LogP contribution is 2.05. The van der Waals surface area contributed by atoms with Crippen LogP contribution in [-0.2, 0) is 16.1 Å². The van der Waals surface area contributed by atoms with Gasteiger partial charge in [0.2, 0.25) is 5.91 Å². The summed E-state index contributed by atoms with van der Waals surface area (Å²) in [5, 5.41) is 0. The summed E-state index contributed by atoms with van der Waals surface area (Å²) in [7, 11) is 0. The Labute approximate surface area is 103 Å². The van der Waals surface area contributed by atoms with Gasteiger partial charge in [-0.25, -0.2) is 0 Å². The Morgan fingerprint density at radius 1 is 1.29 bits per heavy atom. The molecule has 0 atom stereocenters. The average molecular weight is 235 g/mol. The normalized spacial score (nSPS) is 10.6. The van der Waals surface area contributed by atoms with Crippen LogP contribution >= 0.6 is 0 Å². The van der Waals surface area contributed by atoms with Gasteiger partial charge in [0.25, 0.3) is 0 Å². The molecule has 0 aliphatic carbocycles. The Morgan fingerprint density at radius 3 is 2.47 bits per heavy atom. The predicted molar refractivity (Wildman–Crippen MR) is 68.6 cm³/mol. The second-order valence-corrected chi connectivity index (χ2v) is 4.25. The van der Waals surface area contributed by atoms with Gasteiger partial charge >= 0.3 is 0 Å². The molecule has 1 aromatic rings. The number of benzene rings is 1. The molecule has 94 valence electrons. The van der Waals surface area contributed by atoms with Crippen molar-refractivity contribution < 1.29 is 9.53 Å². The van der Waals surface area contributed by atoms with Gasteiger partial charge in [0.15, 0.2) is 0 Å². The van der Waals surface area contributed by atoms with E-state index >= 15 is 0 Å². The van der Waals surface area contributed by atoms with Crippen molar-refractivity contribution in [3.05, 3.63) is 35.9 Å². The monoisotopic (exact) mass is 235 g/mol. The predicted octanol–water partition coefficient (Wildman–Crippen LogP) is 2.46. The summed E-state index contributed by atoms with van der Waals surface area (Å²) in [5.74, 6) is 0.0463. The zero-order chi connectivity index (χ0) is 12.7. The van der Waals surface area contributed by atoms with E-state index in [-0.39, 0.29) is 18.6 Å². The zero-order valence-electron chi connectivity index (χ0n) is 10.8. The molecule has 0 unspecified atom stereocenters. The lowest BCUT2D eigenvalue weighted by molar-refractivity contribution is -0.138. The van der Waals surface area contributed by atoms with Crippen molar-refractivity contribution in [1.29, 1.82) is 0 Å². The Bertz CT molecular complexity index is 335. The largest absolute Gasteiger partial charge is 0.369 e. The number of nitrogens with zero attached hydrogens (tertiary/aromatic N) is 1. The van der Waals surface area contributed by atoms with Crippen LogP contribution in [0.1, 0.15) is 26.3 Å². The molecule has 0 radical (unpaired) electrons. The SMILES string of the molecule is CCN(Cc1ccccc1)C(=O)COC(C)C. The molecule has 0 aliphatic rings. The summed E-state index contributed by atoms with van der Waals surface area (Å²) in [4.78, 5) is 13.7. The first-order valence-corrected chi connectivity index (χ1v) is 6.06. The summed E-state index contributed by atoms with van der Waals surface area (Å²) in [5.41, 5.74) is 1.15. The third-order valence-corrected chi connectivity index (χ3v) is 2.49. The van der Waals surface area contributed by atoms with Crippen LogP contribution < -0.4 is 0 Å². The number of rotatable bonds is 6. The summed E-state index contributed by atoms with van der Waals surface area (Å²) < 4.78 is 5.33. The van der Waals surface area contributed by atoms with Crippen molar-refractivity contribution in [3.63, 3.8) is 0 Å². The molecular weight excluding hydrogens is 214 g/mol. The molecule has 0 bridgehead atoms. The number of carbonyl (C=O) groups is 1. The summed E-state index contributed by atoms with van der Waals surface area (Å²) >= 11 is 0. The lowest BCUT2D eigenvalue weighted by atomic mass is 10.2. The molecule has 0 saturated carbocycles. The van der Waals surface area contributed by atoms with Crippen molar-refractivity contribution in [2.75, 3.05) is 13.2 Å². The molecule has 3 heteroatoms. The molecule has 0 aliphatic heterocycles. The first-order chi connectivity index (χ1) is 8.13. The molecule has 0 N–H and O–H groups in total. The van der Waals surface area contributed by atoms with Gasteiger partial charge in [-0.2, -0.15) is 0 Å².